The third-order valence-corrected chi connectivity index (χ3v) is 6.06. The number of anilines is 3. The van der Waals surface area contributed by atoms with Crippen molar-refractivity contribution >= 4 is 28.9 Å². The minimum atomic E-state index is 0.237. The lowest BCUT2D eigenvalue weighted by molar-refractivity contribution is -0.00521. The summed E-state index contributed by atoms with van der Waals surface area (Å²) in [6, 6.07) is 8.31. The first-order chi connectivity index (χ1) is 14.6. The van der Waals surface area contributed by atoms with Gasteiger partial charge in [-0.3, -0.25) is 0 Å². The third-order valence-electron chi connectivity index (χ3n) is 5.80. The van der Waals surface area contributed by atoms with E-state index in [1.807, 2.05) is 12.1 Å². The average Bonchev–Trinajstić information content (AvgIpc) is 2.75. The lowest BCUT2D eigenvalue weighted by atomic mass is 9.90. The number of nitrogens with zero attached hydrogens (tertiary/aromatic N) is 3. The van der Waals surface area contributed by atoms with Gasteiger partial charge in [-0.1, -0.05) is 30.9 Å². The van der Waals surface area contributed by atoms with E-state index in [2.05, 4.69) is 46.2 Å². The fourth-order valence-corrected chi connectivity index (χ4v) is 4.48. The largest absolute Gasteiger partial charge is 0.476 e. The van der Waals surface area contributed by atoms with E-state index in [1.165, 1.54) is 37.8 Å². The number of morpholine rings is 1. The Labute approximate surface area is 184 Å². The summed E-state index contributed by atoms with van der Waals surface area (Å²) in [6.07, 6.45) is 8.43. The van der Waals surface area contributed by atoms with Gasteiger partial charge in [-0.25, -0.2) is 4.98 Å². The van der Waals surface area contributed by atoms with Crippen molar-refractivity contribution in [1.82, 2.24) is 9.97 Å². The minimum Gasteiger partial charge on any atom is -0.476 e. The van der Waals surface area contributed by atoms with Crippen LogP contribution in [0, 0.1) is 5.92 Å². The van der Waals surface area contributed by atoms with Gasteiger partial charge in [-0.15, -0.1) is 0 Å². The maximum atomic E-state index is 6.25. The Morgan fingerprint density at radius 1 is 1.10 bits per heavy atom. The summed E-state index contributed by atoms with van der Waals surface area (Å²) in [7, 11) is 0. The normalized spacial score (nSPS) is 22.7. The second-order valence-corrected chi connectivity index (χ2v) is 8.90. The van der Waals surface area contributed by atoms with Crippen molar-refractivity contribution in [3.05, 3.63) is 35.5 Å². The highest BCUT2D eigenvalue weighted by Gasteiger charge is 2.22. The van der Waals surface area contributed by atoms with Crippen molar-refractivity contribution in [2.45, 2.75) is 58.2 Å². The topological polar surface area (TPSA) is 59.5 Å². The van der Waals surface area contributed by atoms with Gasteiger partial charge in [-0.2, -0.15) is 4.98 Å². The number of rotatable bonds is 6. The molecule has 1 saturated carbocycles. The maximum absolute atomic E-state index is 6.25. The fraction of sp³-hybridized carbons (Fsp3) is 0.565. The van der Waals surface area contributed by atoms with Crippen molar-refractivity contribution in [1.29, 1.82) is 0 Å². The van der Waals surface area contributed by atoms with Gasteiger partial charge in [-0.05, 0) is 56.9 Å². The Morgan fingerprint density at radius 2 is 1.80 bits per heavy atom. The predicted molar refractivity (Wildman–Crippen MR) is 121 cm³/mol. The molecule has 0 bridgehead atoms. The van der Waals surface area contributed by atoms with E-state index in [4.69, 9.17) is 21.1 Å². The van der Waals surface area contributed by atoms with Crippen LogP contribution in [0.5, 0.6) is 5.88 Å². The van der Waals surface area contributed by atoms with Crippen LogP contribution in [0.4, 0.5) is 17.3 Å². The zero-order chi connectivity index (χ0) is 20.9. The van der Waals surface area contributed by atoms with Gasteiger partial charge < -0.3 is 19.7 Å². The summed E-state index contributed by atoms with van der Waals surface area (Å²) in [5.74, 6) is 1.53. The van der Waals surface area contributed by atoms with Crippen molar-refractivity contribution in [2.24, 2.45) is 5.92 Å². The van der Waals surface area contributed by atoms with Gasteiger partial charge in [0.05, 0.1) is 25.0 Å². The fourth-order valence-electron chi connectivity index (χ4n) is 4.34. The van der Waals surface area contributed by atoms with E-state index in [0.717, 1.165) is 18.8 Å². The molecule has 30 heavy (non-hydrogen) atoms. The molecule has 7 heteroatoms. The molecule has 0 radical (unpaired) electrons. The summed E-state index contributed by atoms with van der Waals surface area (Å²) >= 11 is 6.25. The third kappa shape index (κ3) is 5.55. The van der Waals surface area contributed by atoms with E-state index < -0.39 is 0 Å². The molecule has 6 nitrogen and oxygen atoms in total. The first-order valence-corrected chi connectivity index (χ1v) is 11.4. The molecule has 0 spiro atoms. The molecule has 4 rings (SSSR count). The van der Waals surface area contributed by atoms with Gasteiger partial charge in [0.15, 0.2) is 0 Å². The molecular weight excluding hydrogens is 400 g/mol. The second-order valence-electron chi connectivity index (χ2n) is 8.50. The molecule has 1 aromatic carbocycles. The molecule has 1 aliphatic carbocycles. The highest BCUT2D eigenvalue weighted by molar-refractivity contribution is 6.31. The molecule has 1 aliphatic heterocycles. The van der Waals surface area contributed by atoms with Crippen molar-refractivity contribution in [3.8, 4) is 5.88 Å². The molecule has 2 heterocycles. The number of ether oxygens (including phenoxy) is 2. The molecule has 1 saturated heterocycles. The highest BCUT2D eigenvalue weighted by atomic mass is 35.5. The molecule has 1 aromatic heterocycles. The number of hydrogen-bond acceptors (Lipinski definition) is 6. The molecule has 2 aliphatic rings. The van der Waals surface area contributed by atoms with Gasteiger partial charge in [0, 0.05) is 24.5 Å². The van der Waals surface area contributed by atoms with Gasteiger partial charge in [0.1, 0.15) is 5.02 Å². The molecule has 2 fully saturated rings. The number of nitrogens with one attached hydrogen (secondary N) is 1. The first-order valence-electron chi connectivity index (χ1n) is 11.0. The standard InChI is InChI=1S/C23H31ClN4O2/c1-16-13-28(14-17(2)30-16)20-10-8-19(9-11-20)26-23-25-12-21(24)22(27-23)29-15-18-6-4-3-5-7-18/h8-12,16-18H,3-7,13-15H2,1-2H3,(H,25,26,27)/t16-,17+. The van der Waals surface area contributed by atoms with Crippen LogP contribution in [-0.2, 0) is 4.74 Å². The molecular formula is C23H31ClN4O2. The van der Waals surface area contributed by atoms with Gasteiger partial charge >= 0.3 is 0 Å². The van der Waals surface area contributed by atoms with E-state index in [1.54, 1.807) is 6.20 Å². The highest BCUT2D eigenvalue weighted by Crippen LogP contribution is 2.28. The van der Waals surface area contributed by atoms with E-state index >= 15 is 0 Å². The van der Waals surface area contributed by atoms with Crippen LogP contribution in [0.25, 0.3) is 0 Å². The van der Waals surface area contributed by atoms with Crippen LogP contribution in [0.2, 0.25) is 5.02 Å². The lowest BCUT2D eigenvalue weighted by Crippen LogP contribution is -2.45. The quantitative estimate of drug-likeness (QED) is 0.657. The van der Waals surface area contributed by atoms with Crippen LogP contribution in [-0.4, -0.2) is 41.9 Å². The van der Waals surface area contributed by atoms with E-state index in [0.29, 0.717) is 29.4 Å². The van der Waals surface area contributed by atoms with Crippen molar-refractivity contribution in [2.75, 3.05) is 29.9 Å². The smallest absolute Gasteiger partial charge is 0.237 e. The molecule has 2 aromatic rings. The summed E-state index contributed by atoms with van der Waals surface area (Å²) in [6.45, 7) is 6.70. The van der Waals surface area contributed by atoms with Crippen molar-refractivity contribution in [3.63, 3.8) is 0 Å². The number of hydrogen-bond donors (Lipinski definition) is 1. The summed E-state index contributed by atoms with van der Waals surface area (Å²) in [4.78, 5) is 11.1. The lowest BCUT2D eigenvalue weighted by Gasteiger charge is -2.36. The Hall–Kier alpha value is -2.05. The Kier molecular flexibility index (Phi) is 6.95. The Balaban J connectivity index is 1.37. The van der Waals surface area contributed by atoms with Crippen LogP contribution in [0.1, 0.15) is 46.0 Å². The average molecular weight is 431 g/mol. The van der Waals surface area contributed by atoms with Crippen LogP contribution in [0.15, 0.2) is 30.5 Å². The maximum Gasteiger partial charge on any atom is 0.237 e. The number of benzene rings is 1. The molecule has 0 unspecified atom stereocenters. The molecule has 162 valence electrons. The monoisotopic (exact) mass is 430 g/mol. The van der Waals surface area contributed by atoms with E-state index in [9.17, 15) is 0 Å². The van der Waals surface area contributed by atoms with Crippen LogP contribution in [0.3, 0.4) is 0 Å². The Bertz CT molecular complexity index is 816. The van der Waals surface area contributed by atoms with Crippen LogP contribution >= 0.6 is 11.6 Å². The van der Waals surface area contributed by atoms with E-state index in [-0.39, 0.29) is 12.2 Å². The molecule has 0 amide bonds. The summed E-state index contributed by atoms with van der Waals surface area (Å²) in [5, 5.41) is 3.70. The second kappa shape index (κ2) is 9.84. The SMILES string of the molecule is C[C@@H]1CN(c2ccc(Nc3ncc(Cl)c(OCC4CCCCC4)n3)cc2)C[C@H](C)O1. The number of aromatic nitrogens is 2. The summed E-state index contributed by atoms with van der Waals surface area (Å²) < 4.78 is 11.8. The van der Waals surface area contributed by atoms with Gasteiger partial charge in [0.25, 0.3) is 0 Å². The van der Waals surface area contributed by atoms with Crippen LogP contribution < -0.4 is 15.0 Å². The molecule has 1 N–H and O–H groups in total. The minimum absolute atomic E-state index is 0.237. The van der Waals surface area contributed by atoms with Crippen molar-refractivity contribution < 1.29 is 9.47 Å². The first kappa shape index (κ1) is 21.2. The number of halogens is 1. The van der Waals surface area contributed by atoms with Gasteiger partial charge in [0.2, 0.25) is 11.8 Å². The Morgan fingerprint density at radius 3 is 2.50 bits per heavy atom. The zero-order valence-corrected chi connectivity index (χ0v) is 18.6. The molecule has 2 atom stereocenters. The zero-order valence-electron chi connectivity index (χ0n) is 17.8. The summed E-state index contributed by atoms with van der Waals surface area (Å²) in [5.41, 5.74) is 2.12. The predicted octanol–water partition coefficient (Wildman–Crippen LogP) is 5.45.